The summed E-state index contributed by atoms with van der Waals surface area (Å²) in [4.78, 5) is 14.2. The molecule has 86 valence electrons. The summed E-state index contributed by atoms with van der Waals surface area (Å²) in [5.41, 5.74) is 0. The van der Waals surface area contributed by atoms with Crippen molar-refractivity contribution < 1.29 is 4.79 Å². The zero-order valence-electron chi connectivity index (χ0n) is 9.67. The van der Waals surface area contributed by atoms with Crippen LogP contribution in [0.4, 0.5) is 0 Å². The Bertz CT molecular complexity index is 216. The van der Waals surface area contributed by atoms with E-state index in [1.807, 2.05) is 7.05 Å². The van der Waals surface area contributed by atoms with Gasteiger partial charge in [0.1, 0.15) is 0 Å². The molecule has 0 aromatic carbocycles. The van der Waals surface area contributed by atoms with Gasteiger partial charge in [0.15, 0.2) is 0 Å². The van der Waals surface area contributed by atoms with Crippen LogP contribution in [0, 0.1) is 5.92 Å². The van der Waals surface area contributed by atoms with Gasteiger partial charge in [-0.05, 0) is 45.6 Å². The van der Waals surface area contributed by atoms with Crippen molar-refractivity contribution in [3.05, 3.63) is 0 Å². The van der Waals surface area contributed by atoms with Crippen molar-refractivity contribution in [1.82, 2.24) is 10.2 Å². The van der Waals surface area contributed by atoms with Gasteiger partial charge in [0, 0.05) is 25.0 Å². The van der Waals surface area contributed by atoms with Gasteiger partial charge in [-0.15, -0.1) is 0 Å². The van der Waals surface area contributed by atoms with Gasteiger partial charge in [0.2, 0.25) is 5.91 Å². The summed E-state index contributed by atoms with van der Waals surface area (Å²) < 4.78 is 0. The van der Waals surface area contributed by atoms with E-state index in [-0.39, 0.29) is 0 Å². The molecule has 1 N–H and O–H groups in total. The van der Waals surface area contributed by atoms with Crippen LogP contribution in [0.15, 0.2) is 0 Å². The average Bonchev–Trinajstić information content (AvgIpc) is 2.82. The molecule has 0 radical (unpaired) electrons. The van der Waals surface area contributed by atoms with E-state index in [0.29, 0.717) is 17.9 Å². The molecular formula is C12H22N2O. The van der Waals surface area contributed by atoms with Crippen molar-refractivity contribution in [2.24, 2.45) is 5.92 Å². The molecule has 1 amide bonds. The lowest BCUT2D eigenvalue weighted by Crippen LogP contribution is -2.38. The van der Waals surface area contributed by atoms with Gasteiger partial charge in [-0.25, -0.2) is 0 Å². The number of hydrogen-bond acceptors (Lipinski definition) is 2. The molecule has 0 spiro atoms. The van der Waals surface area contributed by atoms with E-state index in [1.54, 1.807) is 0 Å². The van der Waals surface area contributed by atoms with Gasteiger partial charge >= 0.3 is 0 Å². The second-order valence-electron chi connectivity index (χ2n) is 4.87. The summed E-state index contributed by atoms with van der Waals surface area (Å²) in [7, 11) is 2.02. The highest BCUT2D eigenvalue weighted by Gasteiger charge is 2.29. The molecule has 3 nitrogen and oxygen atoms in total. The largest absolute Gasteiger partial charge is 0.342 e. The van der Waals surface area contributed by atoms with Gasteiger partial charge in [-0.3, -0.25) is 4.79 Å². The van der Waals surface area contributed by atoms with Gasteiger partial charge in [-0.2, -0.15) is 0 Å². The maximum absolute atomic E-state index is 12.1. The highest BCUT2D eigenvalue weighted by molar-refractivity contribution is 5.79. The Morgan fingerprint density at radius 3 is 2.27 bits per heavy atom. The number of carbonyl (C=O) groups excluding carboxylic acids is 1. The van der Waals surface area contributed by atoms with Crippen molar-refractivity contribution >= 4 is 5.91 Å². The molecule has 15 heavy (non-hydrogen) atoms. The first-order chi connectivity index (χ1) is 7.31. The Balaban J connectivity index is 1.81. The number of amides is 1. The van der Waals surface area contributed by atoms with Crippen LogP contribution < -0.4 is 5.32 Å². The standard InChI is InChI=1S/C12H22N2O/c1-13-11-6-4-10(5-7-11)12(15)14-8-2-3-9-14/h10-11,13H,2-9H2,1H3. The zero-order valence-corrected chi connectivity index (χ0v) is 9.67. The minimum atomic E-state index is 0.327. The minimum absolute atomic E-state index is 0.327. The Kier molecular flexibility index (Phi) is 3.62. The van der Waals surface area contributed by atoms with E-state index in [0.717, 1.165) is 25.9 Å². The fourth-order valence-corrected chi connectivity index (χ4v) is 2.82. The molecule has 2 fully saturated rings. The van der Waals surface area contributed by atoms with Gasteiger partial charge in [0.05, 0.1) is 0 Å². The normalized spacial score (nSPS) is 31.9. The quantitative estimate of drug-likeness (QED) is 0.747. The summed E-state index contributed by atoms with van der Waals surface area (Å²) in [5, 5.41) is 3.31. The molecule has 2 aliphatic rings. The fraction of sp³-hybridized carbons (Fsp3) is 0.917. The molecular weight excluding hydrogens is 188 g/mol. The number of hydrogen-bond donors (Lipinski definition) is 1. The average molecular weight is 210 g/mol. The Morgan fingerprint density at radius 1 is 1.13 bits per heavy atom. The zero-order chi connectivity index (χ0) is 10.7. The summed E-state index contributed by atoms with van der Waals surface area (Å²) in [5.74, 6) is 0.759. The third-order valence-corrected chi connectivity index (χ3v) is 3.90. The third kappa shape index (κ3) is 2.51. The van der Waals surface area contributed by atoms with Crippen LogP contribution >= 0.6 is 0 Å². The second-order valence-corrected chi connectivity index (χ2v) is 4.87. The first kappa shape index (κ1) is 10.9. The molecule has 2 rings (SSSR count). The van der Waals surface area contributed by atoms with E-state index in [2.05, 4.69) is 10.2 Å². The molecule has 0 bridgehead atoms. The monoisotopic (exact) mass is 210 g/mol. The van der Waals surface area contributed by atoms with Crippen LogP contribution in [-0.2, 0) is 4.79 Å². The Labute approximate surface area is 92.2 Å². The summed E-state index contributed by atoms with van der Waals surface area (Å²) in [6.07, 6.45) is 6.92. The highest BCUT2D eigenvalue weighted by Crippen LogP contribution is 2.26. The van der Waals surface area contributed by atoms with Crippen LogP contribution in [0.5, 0.6) is 0 Å². The second kappa shape index (κ2) is 4.97. The van der Waals surface area contributed by atoms with Gasteiger partial charge in [0.25, 0.3) is 0 Å². The lowest BCUT2D eigenvalue weighted by Gasteiger charge is -2.30. The lowest BCUT2D eigenvalue weighted by molar-refractivity contribution is -0.135. The van der Waals surface area contributed by atoms with E-state index < -0.39 is 0 Å². The molecule has 1 saturated heterocycles. The predicted octanol–water partition coefficient (Wildman–Crippen LogP) is 1.39. The topological polar surface area (TPSA) is 32.3 Å². The van der Waals surface area contributed by atoms with Gasteiger partial charge in [-0.1, -0.05) is 0 Å². The molecule has 1 aliphatic carbocycles. The van der Waals surface area contributed by atoms with Crippen LogP contribution in [0.1, 0.15) is 38.5 Å². The smallest absolute Gasteiger partial charge is 0.225 e. The molecule has 3 heteroatoms. The number of nitrogens with one attached hydrogen (secondary N) is 1. The van der Waals surface area contributed by atoms with Gasteiger partial charge < -0.3 is 10.2 Å². The summed E-state index contributed by atoms with van der Waals surface area (Å²) in [6.45, 7) is 2.01. The minimum Gasteiger partial charge on any atom is -0.342 e. The first-order valence-corrected chi connectivity index (χ1v) is 6.27. The maximum Gasteiger partial charge on any atom is 0.225 e. The summed E-state index contributed by atoms with van der Waals surface area (Å²) in [6, 6.07) is 0.646. The van der Waals surface area contributed by atoms with Crippen LogP contribution in [0.25, 0.3) is 0 Å². The first-order valence-electron chi connectivity index (χ1n) is 6.27. The molecule has 1 aliphatic heterocycles. The highest BCUT2D eigenvalue weighted by atomic mass is 16.2. The van der Waals surface area contributed by atoms with Crippen molar-refractivity contribution in [3.63, 3.8) is 0 Å². The number of rotatable bonds is 2. The van der Waals surface area contributed by atoms with E-state index in [9.17, 15) is 4.79 Å². The Morgan fingerprint density at radius 2 is 1.73 bits per heavy atom. The van der Waals surface area contributed by atoms with Crippen LogP contribution in [-0.4, -0.2) is 37.0 Å². The number of likely N-dealkylation sites (tertiary alicyclic amines) is 1. The van der Waals surface area contributed by atoms with Crippen molar-refractivity contribution in [3.8, 4) is 0 Å². The van der Waals surface area contributed by atoms with E-state index in [4.69, 9.17) is 0 Å². The lowest BCUT2D eigenvalue weighted by atomic mass is 9.85. The SMILES string of the molecule is CNC1CCC(C(=O)N2CCCC2)CC1. The van der Waals surface area contributed by atoms with Crippen LogP contribution in [0.2, 0.25) is 0 Å². The molecule has 0 aromatic heterocycles. The van der Waals surface area contributed by atoms with Crippen molar-refractivity contribution in [1.29, 1.82) is 0 Å². The van der Waals surface area contributed by atoms with E-state index >= 15 is 0 Å². The molecule has 0 atom stereocenters. The maximum atomic E-state index is 12.1. The molecule has 1 heterocycles. The molecule has 1 saturated carbocycles. The Hall–Kier alpha value is -0.570. The number of carbonyl (C=O) groups is 1. The fourth-order valence-electron chi connectivity index (χ4n) is 2.82. The molecule has 0 unspecified atom stereocenters. The van der Waals surface area contributed by atoms with Crippen molar-refractivity contribution in [2.45, 2.75) is 44.6 Å². The predicted molar refractivity (Wildman–Crippen MR) is 60.6 cm³/mol. The van der Waals surface area contributed by atoms with Crippen LogP contribution in [0.3, 0.4) is 0 Å². The van der Waals surface area contributed by atoms with Crippen molar-refractivity contribution in [2.75, 3.05) is 20.1 Å². The summed E-state index contributed by atoms with van der Waals surface area (Å²) >= 11 is 0. The molecule has 0 aromatic rings. The third-order valence-electron chi connectivity index (χ3n) is 3.90. The van der Waals surface area contributed by atoms with E-state index in [1.165, 1.54) is 25.7 Å². The number of nitrogens with zero attached hydrogens (tertiary/aromatic N) is 1.